The zero-order valence-electron chi connectivity index (χ0n) is 4.90. The van der Waals surface area contributed by atoms with Crippen molar-refractivity contribution in [2.45, 2.75) is 0 Å². The van der Waals surface area contributed by atoms with Crippen LogP contribution in [0.5, 0.6) is 0 Å². The molecular formula is C5H3ClN4. The molecule has 0 aliphatic heterocycles. The molecule has 0 saturated heterocycles. The highest BCUT2D eigenvalue weighted by atomic mass is 35.5. The fourth-order valence-electron chi connectivity index (χ4n) is 0.699. The molecule has 0 bridgehead atoms. The van der Waals surface area contributed by atoms with Crippen LogP contribution in [0.15, 0.2) is 18.5 Å². The Bertz CT molecular complexity index is 355. The van der Waals surface area contributed by atoms with Crippen LogP contribution in [0, 0.1) is 0 Å². The largest absolute Gasteiger partial charge is 0.213 e. The van der Waals surface area contributed by atoms with Gasteiger partial charge in [-0.3, -0.25) is 0 Å². The van der Waals surface area contributed by atoms with Gasteiger partial charge in [-0.2, -0.15) is 0 Å². The molecule has 0 aliphatic rings. The molecule has 0 aliphatic carbocycles. The summed E-state index contributed by atoms with van der Waals surface area (Å²) in [6.45, 7) is 0. The molecule has 5 heteroatoms. The summed E-state index contributed by atoms with van der Waals surface area (Å²) in [6.07, 6.45) is 1.43. The van der Waals surface area contributed by atoms with E-state index in [0.29, 0.717) is 10.8 Å². The van der Waals surface area contributed by atoms with Crippen molar-refractivity contribution in [3.05, 3.63) is 23.6 Å². The predicted molar refractivity (Wildman–Crippen MR) is 35.8 cm³/mol. The van der Waals surface area contributed by atoms with Crippen LogP contribution >= 0.6 is 11.6 Å². The van der Waals surface area contributed by atoms with Crippen LogP contribution in [0.1, 0.15) is 0 Å². The maximum Gasteiger partial charge on any atom is 0.176 e. The summed E-state index contributed by atoms with van der Waals surface area (Å²) >= 11 is 5.58. The molecule has 0 N–H and O–H groups in total. The lowest BCUT2D eigenvalue weighted by Gasteiger charge is -1.88. The van der Waals surface area contributed by atoms with E-state index >= 15 is 0 Å². The number of aromatic nitrogens is 4. The van der Waals surface area contributed by atoms with Crippen LogP contribution in [0.4, 0.5) is 0 Å². The Hall–Kier alpha value is -1.16. The monoisotopic (exact) mass is 154 g/mol. The molecule has 2 heterocycles. The van der Waals surface area contributed by atoms with E-state index in [4.69, 9.17) is 11.6 Å². The Morgan fingerprint density at radius 1 is 1.40 bits per heavy atom. The normalized spacial score (nSPS) is 10.5. The summed E-state index contributed by atoms with van der Waals surface area (Å²) < 4.78 is 1.38. The van der Waals surface area contributed by atoms with Crippen molar-refractivity contribution in [1.82, 2.24) is 19.8 Å². The van der Waals surface area contributed by atoms with Crippen LogP contribution < -0.4 is 0 Å². The highest BCUT2D eigenvalue weighted by Gasteiger charge is 1.94. The maximum absolute atomic E-state index is 5.58. The van der Waals surface area contributed by atoms with Crippen LogP contribution in [0.2, 0.25) is 5.15 Å². The summed E-state index contributed by atoms with van der Waals surface area (Å²) in [6, 6.07) is 3.42. The highest BCUT2D eigenvalue weighted by molar-refractivity contribution is 6.29. The van der Waals surface area contributed by atoms with E-state index in [2.05, 4.69) is 15.2 Å². The molecule has 2 aromatic rings. The van der Waals surface area contributed by atoms with Gasteiger partial charge in [0.2, 0.25) is 0 Å². The van der Waals surface area contributed by atoms with Crippen molar-refractivity contribution in [1.29, 1.82) is 0 Å². The molecule has 0 fully saturated rings. The van der Waals surface area contributed by atoms with Crippen molar-refractivity contribution in [2.75, 3.05) is 0 Å². The fourth-order valence-corrected chi connectivity index (χ4v) is 0.833. The average Bonchev–Trinajstić information content (AvgIpc) is 2.33. The molecule has 0 spiro atoms. The zero-order valence-corrected chi connectivity index (χ0v) is 5.65. The van der Waals surface area contributed by atoms with E-state index in [-0.39, 0.29) is 0 Å². The first-order valence-corrected chi connectivity index (χ1v) is 3.06. The number of halogens is 1. The van der Waals surface area contributed by atoms with Crippen LogP contribution in [-0.2, 0) is 0 Å². The van der Waals surface area contributed by atoms with E-state index in [1.54, 1.807) is 12.1 Å². The number of fused-ring (bicyclic) bond motifs is 1. The summed E-state index contributed by atoms with van der Waals surface area (Å²) in [4.78, 5) is 3.89. The smallest absolute Gasteiger partial charge is 0.176 e. The first-order valence-electron chi connectivity index (χ1n) is 2.69. The summed E-state index contributed by atoms with van der Waals surface area (Å²) in [5.74, 6) is 0. The molecule has 0 amide bonds. The van der Waals surface area contributed by atoms with Gasteiger partial charge in [-0.05, 0) is 12.1 Å². The van der Waals surface area contributed by atoms with E-state index < -0.39 is 0 Å². The number of hydrogen-bond donors (Lipinski definition) is 0. The van der Waals surface area contributed by atoms with Crippen molar-refractivity contribution < 1.29 is 0 Å². The second kappa shape index (κ2) is 1.91. The third kappa shape index (κ3) is 0.733. The fraction of sp³-hybridized carbons (Fsp3) is 0. The van der Waals surface area contributed by atoms with Crippen molar-refractivity contribution in [3.63, 3.8) is 0 Å². The summed E-state index contributed by atoms with van der Waals surface area (Å²) in [7, 11) is 0. The van der Waals surface area contributed by atoms with Crippen LogP contribution in [0.3, 0.4) is 0 Å². The number of nitrogens with zero attached hydrogens (tertiary/aromatic N) is 4. The maximum atomic E-state index is 5.58. The molecule has 4 nitrogen and oxygen atoms in total. The van der Waals surface area contributed by atoms with Gasteiger partial charge < -0.3 is 0 Å². The summed E-state index contributed by atoms with van der Waals surface area (Å²) in [5, 5.41) is 8.05. The molecule has 2 aromatic heterocycles. The van der Waals surface area contributed by atoms with Gasteiger partial charge in [0.25, 0.3) is 0 Å². The molecule has 0 radical (unpaired) electrons. The van der Waals surface area contributed by atoms with Gasteiger partial charge in [-0.1, -0.05) is 11.6 Å². The summed E-state index contributed by atoms with van der Waals surface area (Å²) in [5.41, 5.74) is 0.699. The number of rotatable bonds is 0. The van der Waals surface area contributed by atoms with Gasteiger partial charge in [0, 0.05) is 0 Å². The Kier molecular flexibility index (Phi) is 1.07. The van der Waals surface area contributed by atoms with E-state index in [9.17, 15) is 0 Å². The Morgan fingerprint density at radius 2 is 2.30 bits per heavy atom. The molecule has 0 saturated carbocycles. The van der Waals surface area contributed by atoms with E-state index in [1.807, 2.05) is 0 Å². The van der Waals surface area contributed by atoms with Crippen molar-refractivity contribution >= 4 is 17.2 Å². The topological polar surface area (TPSA) is 43.1 Å². The lowest BCUT2D eigenvalue weighted by atomic mass is 10.6. The Labute approximate surface area is 61.4 Å². The molecule has 0 unspecified atom stereocenters. The van der Waals surface area contributed by atoms with Crippen LogP contribution in [-0.4, -0.2) is 19.8 Å². The number of hydrogen-bond acceptors (Lipinski definition) is 3. The first-order chi connectivity index (χ1) is 4.86. The standard InChI is InChI=1S/C5H3ClN4/c6-4-1-2-5-7-3-8-10(5)9-4/h1-3H. The molecule has 10 heavy (non-hydrogen) atoms. The minimum absolute atomic E-state index is 0.415. The molecular weight excluding hydrogens is 152 g/mol. The van der Waals surface area contributed by atoms with Gasteiger partial charge in [-0.25, -0.2) is 4.98 Å². The van der Waals surface area contributed by atoms with Crippen LogP contribution in [0.25, 0.3) is 5.65 Å². The van der Waals surface area contributed by atoms with E-state index in [1.165, 1.54) is 11.0 Å². The van der Waals surface area contributed by atoms with E-state index in [0.717, 1.165) is 0 Å². The van der Waals surface area contributed by atoms with Gasteiger partial charge in [0.15, 0.2) is 10.8 Å². The minimum atomic E-state index is 0.415. The molecule has 0 atom stereocenters. The second-order valence-corrected chi connectivity index (χ2v) is 2.15. The SMILES string of the molecule is Clc1ccc2ncnn2n1. The average molecular weight is 155 g/mol. The lowest BCUT2D eigenvalue weighted by Crippen LogP contribution is -1.92. The van der Waals surface area contributed by atoms with Crippen molar-refractivity contribution in [3.8, 4) is 0 Å². The highest BCUT2D eigenvalue weighted by Crippen LogP contribution is 2.02. The molecule has 2 rings (SSSR count). The molecule has 0 aromatic carbocycles. The minimum Gasteiger partial charge on any atom is -0.213 e. The Morgan fingerprint density at radius 3 is 3.20 bits per heavy atom. The zero-order chi connectivity index (χ0) is 6.97. The molecule has 50 valence electrons. The third-order valence-electron chi connectivity index (χ3n) is 1.12. The third-order valence-corrected chi connectivity index (χ3v) is 1.32. The quantitative estimate of drug-likeness (QED) is 0.563. The van der Waals surface area contributed by atoms with Gasteiger partial charge in [0.05, 0.1) is 0 Å². The van der Waals surface area contributed by atoms with Gasteiger partial charge in [-0.15, -0.1) is 14.8 Å². The van der Waals surface area contributed by atoms with Gasteiger partial charge >= 0.3 is 0 Å². The second-order valence-electron chi connectivity index (χ2n) is 1.76. The van der Waals surface area contributed by atoms with Gasteiger partial charge in [0.1, 0.15) is 6.33 Å². The predicted octanol–water partition coefficient (Wildman–Crippen LogP) is 0.778. The first kappa shape index (κ1) is 5.61. The van der Waals surface area contributed by atoms with Crippen molar-refractivity contribution in [2.24, 2.45) is 0 Å². The Balaban J connectivity index is 2.86. The lowest BCUT2D eigenvalue weighted by molar-refractivity contribution is 0.800.